The van der Waals surface area contributed by atoms with Crippen LogP contribution in [0, 0.1) is 0 Å². The summed E-state index contributed by atoms with van der Waals surface area (Å²) < 4.78 is 0. The van der Waals surface area contributed by atoms with E-state index in [1.807, 2.05) is 0 Å². The second-order valence-electron chi connectivity index (χ2n) is 7.54. The van der Waals surface area contributed by atoms with Crippen LogP contribution < -0.4 is 0 Å². The lowest BCUT2D eigenvalue weighted by atomic mass is 10.1. The highest BCUT2D eigenvalue weighted by Gasteiger charge is 1.97. The Morgan fingerprint density at radius 2 is 1.32 bits per heavy atom. The summed E-state index contributed by atoms with van der Waals surface area (Å²) >= 11 is 0. The SMILES string of the molecule is O=C(O)CCCCCCC/C=C\CCCCCCCCC1=PC=CC=CC=C1. The third-order valence-corrected chi connectivity index (χ3v) is 5.96. The minimum Gasteiger partial charge on any atom is -0.481 e. The van der Waals surface area contributed by atoms with Crippen molar-refractivity contribution in [1.82, 2.24) is 0 Å². The van der Waals surface area contributed by atoms with Gasteiger partial charge in [0.2, 0.25) is 0 Å². The molecule has 156 valence electrons. The lowest BCUT2D eigenvalue weighted by Gasteiger charge is -2.03. The van der Waals surface area contributed by atoms with Crippen molar-refractivity contribution in [3.63, 3.8) is 0 Å². The molecule has 1 N–H and O–H groups in total. The van der Waals surface area contributed by atoms with Crippen LogP contribution >= 0.6 is 8.20 Å². The highest BCUT2D eigenvalue weighted by atomic mass is 31.1. The van der Waals surface area contributed by atoms with Crippen molar-refractivity contribution in [3.8, 4) is 0 Å². The van der Waals surface area contributed by atoms with Crippen LogP contribution in [0.4, 0.5) is 0 Å². The summed E-state index contributed by atoms with van der Waals surface area (Å²) in [4.78, 5) is 10.4. The summed E-state index contributed by atoms with van der Waals surface area (Å²) in [5.41, 5.74) is 0. The largest absolute Gasteiger partial charge is 0.481 e. The van der Waals surface area contributed by atoms with Gasteiger partial charge in [-0.3, -0.25) is 4.79 Å². The van der Waals surface area contributed by atoms with Gasteiger partial charge in [-0.1, -0.05) is 95.7 Å². The first-order valence-corrected chi connectivity index (χ1v) is 12.2. The van der Waals surface area contributed by atoms with Crippen molar-refractivity contribution in [3.05, 3.63) is 48.3 Å². The van der Waals surface area contributed by atoms with E-state index in [1.165, 1.54) is 90.5 Å². The van der Waals surface area contributed by atoms with E-state index >= 15 is 0 Å². The predicted molar refractivity (Wildman–Crippen MR) is 125 cm³/mol. The molecule has 0 atom stereocenters. The van der Waals surface area contributed by atoms with Crippen LogP contribution in [0.5, 0.6) is 0 Å². The van der Waals surface area contributed by atoms with Gasteiger partial charge in [0, 0.05) is 6.42 Å². The minimum atomic E-state index is -0.667. The zero-order chi connectivity index (χ0) is 20.1. The number of carboxylic acids is 1. The van der Waals surface area contributed by atoms with Gasteiger partial charge in [-0.15, -0.1) is 0 Å². The molecule has 0 aromatic rings. The van der Waals surface area contributed by atoms with Crippen LogP contribution in [0.3, 0.4) is 0 Å². The topological polar surface area (TPSA) is 37.3 Å². The molecule has 1 aliphatic rings. The highest BCUT2D eigenvalue weighted by molar-refractivity contribution is 7.44. The Morgan fingerprint density at radius 1 is 0.750 bits per heavy atom. The van der Waals surface area contributed by atoms with Gasteiger partial charge in [0.1, 0.15) is 0 Å². The maximum atomic E-state index is 10.4. The monoisotopic (exact) mass is 402 g/mol. The Labute approximate surface area is 174 Å². The zero-order valence-electron chi connectivity index (χ0n) is 17.5. The maximum Gasteiger partial charge on any atom is 0.303 e. The highest BCUT2D eigenvalue weighted by Crippen LogP contribution is 2.15. The molecule has 28 heavy (non-hydrogen) atoms. The fourth-order valence-corrected chi connectivity index (χ4v) is 4.09. The van der Waals surface area contributed by atoms with E-state index in [0.29, 0.717) is 6.42 Å². The Hall–Kier alpha value is -1.40. The second-order valence-corrected chi connectivity index (χ2v) is 8.67. The summed E-state index contributed by atoms with van der Waals surface area (Å²) in [5, 5.41) is 10.1. The summed E-state index contributed by atoms with van der Waals surface area (Å²) in [6, 6.07) is 0. The van der Waals surface area contributed by atoms with Crippen molar-refractivity contribution in [2.45, 2.75) is 96.3 Å². The molecule has 0 amide bonds. The number of aliphatic carboxylic acids is 1. The van der Waals surface area contributed by atoms with Gasteiger partial charge in [-0.2, -0.15) is 0 Å². The standard InChI is InChI=1S/C25H39O2P/c26-25(27)22-18-13-11-9-7-5-3-1-2-4-6-8-10-12-16-20-24-21-17-14-15-19-23-28-24/h1,3,14-15,17,19,21,23H,2,4-13,16,18,20,22H2,(H,26,27)/b3-1-,15-14?,17-14?,19-15?,21-17?,23-19?,24-21?. The third-order valence-electron chi connectivity index (χ3n) is 4.93. The molecule has 0 spiro atoms. The molecule has 0 bridgehead atoms. The van der Waals surface area contributed by atoms with Crippen LogP contribution in [0.1, 0.15) is 96.3 Å². The van der Waals surface area contributed by atoms with Crippen molar-refractivity contribution >= 4 is 19.5 Å². The number of rotatable bonds is 17. The average Bonchev–Trinajstić information content (AvgIpc) is 2.65. The van der Waals surface area contributed by atoms with Crippen LogP contribution in [0.25, 0.3) is 0 Å². The fraction of sp³-hybridized carbons (Fsp3) is 0.600. The van der Waals surface area contributed by atoms with E-state index in [2.05, 4.69) is 48.3 Å². The second kappa shape index (κ2) is 18.9. The average molecular weight is 403 g/mol. The van der Waals surface area contributed by atoms with Gasteiger partial charge < -0.3 is 5.11 Å². The smallest absolute Gasteiger partial charge is 0.303 e. The van der Waals surface area contributed by atoms with Gasteiger partial charge in [0.15, 0.2) is 0 Å². The molecule has 1 heterocycles. The lowest BCUT2D eigenvalue weighted by Crippen LogP contribution is -1.93. The molecule has 1 aliphatic heterocycles. The molecule has 0 unspecified atom stereocenters. The van der Waals surface area contributed by atoms with Crippen LogP contribution in [-0.2, 0) is 4.79 Å². The van der Waals surface area contributed by atoms with E-state index in [1.54, 1.807) is 0 Å². The Balaban J connectivity index is 1.81. The quantitative estimate of drug-likeness (QED) is 0.151. The lowest BCUT2D eigenvalue weighted by molar-refractivity contribution is -0.137. The van der Waals surface area contributed by atoms with Crippen molar-refractivity contribution in [2.75, 3.05) is 0 Å². The number of hydrogen-bond donors (Lipinski definition) is 1. The Morgan fingerprint density at radius 3 is 2.00 bits per heavy atom. The summed E-state index contributed by atoms with van der Waals surface area (Å²) in [7, 11) is 1.36. The molecular weight excluding hydrogens is 363 g/mol. The molecule has 0 fully saturated rings. The van der Waals surface area contributed by atoms with Gasteiger partial charge >= 0.3 is 5.97 Å². The maximum absolute atomic E-state index is 10.4. The van der Waals surface area contributed by atoms with E-state index in [-0.39, 0.29) is 0 Å². The van der Waals surface area contributed by atoms with E-state index in [0.717, 1.165) is 12.8 Å². The molecule has 0 saturated heterocycles. The predicted octanol–water partition coefficient (Wildman–Crippen LogP) is 8.24. The van der Waals surface area contributed by atoms with Gasteiger partial charge in [0.25, 0.3) is 0 Å². The number of allylic oxidation sites excluding steroid dienone is 7. The first-order valence-electron chi connectivity index (χ1n) is 11.2. The molecule has 1 rings (SSSR count). The van der Waals surface area contributed by atoms with E-state index < -0.39 is 5.97 Å². The van der Waals surface area contributed by atoms with E-state index in [4.69, 9.17) is 5.11 Å². The van der Waals surface area contributed by atoms with Crippen LogP contribution in [-0.4, -0.2) is 16.4 Å². The summed E-state index contributed by atoms with van der Waals surface area (Å²) in [6.07, 6.45) is 33.0. The van der Waals surface area contributed by atoms with Crippen molar-refractivity contribution in [2.24, 2.45) is 0 Å². The normalized spacial score (nSPS) is 14.2. The van der Waals surface area contributed by atoms with E-state index in [9.17, 15) is 4.79 Å². The number of unbranched alkanes of at least 4 members (excludes halogenated alkanes) is 11. The van der Waals surface area contributed by atoms with Crippen LogP contribution in [0.15, 0.2) is 48.3 Å². The molecule has 0 aromatic heterocycles. The Kier molecular flexibility index (Phi) is 16.7. The first kappa shape index (κ1) is 24.6. The molecular formula is C25H39O2P. The molecule has 3 heteroatoms. The van der Waals surface area contributed by atoms with Crippen LogP contribution in [0.2, 0.25) is 0 Å². The molecule has 0 aliphatic carbocycles. The van der Waals surface area contributed by atoms with Gasteiger partial charge in [-0.05, 0) is 56.1 Å². The third kappa shape index (κ3) is 16.8. The zero-order valence-corrected chi connectivity index (χ0v) is 18.4. The minimum absolute atomic E-state index is 0.325. The first-order chi connectivity index (χ1) is 13.8. The number of carboxylic acid groups (broad SMARTS) is 1. The fourth-order valence-electron chi connectivity index (χ4n) is 3.25. The molecule has 0 radical (unpaired) electrons. The number of hydrogen-bond acceptors (Lipinski definition) is 1. The number of carbonyl (C=O) groups is 1. The van der Waals surface area contributed by atoms with Crippen molar-refractivity contribution < 1.29 is 9.90 Å². The summed E-state index contributed by atoms with van der Waals surface area (Å²) in [5.74, 6) is 1.56. The van der Waals surface area contributed by atoms with Gasteiger partial charge in [-0.25, -0.2) is 0 Å². The molecule has 2 nitrogen and oxygen atoms in total. The molecule has 0 saturated carbocycles. The molecule has 0 aromatic carbocycles. The van der Waals surface area contributed by atoms with Crippen molar-refractivity contribution in [1.29, 1.82) is 0 Å². The van der Waals surface area contributed by atoms with Gasteiger partial charge in [0.05, 0.1) is 0 Å². The Bertz CT molecular complexity index is 541. The summed E-state index contributed by atoms with van der Waals surface area (Å²) in [6.45, 7) is 0.